The molecule has 1 amide bonds. The average molecular weight is 342 g/mol. The Kier molecular flexibility index (Phi) is 5.83. The van der Waals surface area contributed by atoms with Crippen LogP contribution < -0.4 is 5.32 Å². The van der Waals surface area contributed by atoms with E-state index in [2.05, 4.69) is 19.2 Å². The molecule has 1 heterocycles. The largest absolute Gasteiger partial charge is 0.444 e. The minimum atomic E-state index is -0.480. The molecule has 6 nitrogen and oxygen atoms in total. The van der Waals surface area contributed by atoms with E-state index < -0.39 is 5.60 Å². The molecule has 1 saturated carbocycles. The lowest BCUT2D eigenvalue weighted by molar-refractivity contribution is -0.118. The van der Waals surface area contributed by atoms with Crippen LogP contribution in [-0.2, 0) is 14.2 Å². The van der Waals surface area contributed by atoms with Crippen molar-refractivity contribution in [3.8, 4) is 0 Å². The Morgan fingerprint density at radius 3 is 2.46 bits per heavy atom. The van der Waals surface area contributed by atoms with Crippen molar-refractivity contribution < 1.29 is 19.0 Å². The number of nitrogens with zero attached hydrogens (tertiary/aromatic N) is 1. The van der Waals surface area contributed by atoms with Gasteiger partial charge in [0.15, 0.2) is 0 Å². The zero-order chi connectivity index (χ0) is 18.1. The maximum Gasteiger partial charge on any atom is 0.410 e. The highest BCUT2D eigenvalue weighted by atomic mass is 16.6. The van der Waals surface area contributed by atoms with Gasteiger partial charge in [-0.2, -0.15) is 0 Å². The summed E-state index contributed by atoms with van der Waals surface area (Å²) in [5.41, 5.74) is -0.389. The summed E-state index contributed by atoms with van der Waals surface area (Å²) < 4.78 is 16.9. The van der Waals surface area contributed by atoms with Crippen LogP contribution in [0.25, 0.3) is 0 Å². The second kappa shape index (κ2) is 7.18. The number of amides is 1. The number of methoxy groups -OCH3 is 1. The standard InChI is InChI=1S/C18H34N2O4/c1-8-23-15-9-14(18(15,5)6)19-12-10-20(11-13(12)22-7)16(21)24-17(2,3)4/h12-15,19H,8-11H2,1-7H3/t12?,13-,14?,15?/m0/s1. The minimum absolute atomic E-state index is 0.0144. The van der Waals surface area contributed by atoms with Crippen molar-refractivity contribution in [2.24, 2.45) is 5.41 Å². The molecule has 2 rings (SSSR count). The second-order valence-corrected chi connectivity index (χ2v) is 8.49. The monoisotopic (exact) mass is 342 g/mol. The third kappa shape index (κ3) is 4.21. The van der Waals surface area contributed by atoms with Gasteiger partial charge in [-0.05, 0) is 34.1 Å². The number of hydrogen-bond acceptors (Lipinski definition) is 5. The number of likely N-dealkylation sites (tertiary alicyclic amines) is 1. The molecule has 0 aromatic heterocycles. The summed E-state index contributed by atoms with van der Waals surface area (Å²) in [5.74, 6) is 0. The molecule has 24 heavy (non-hydrogen) atoms. The van der Waals surface area contributed by atoms with Crippen LogP contribution in [0, 0.1) is 5.41 Å². The van der Waals surface area contributed by atoms with Gasteiger partial charge in [0.25, 0.3) is 0 Å². The molecule has 0 bridgehead atoms. The molecule has 0 aromatic rings. The fraction of sp³-hybridized carbons (Fsp3) is 0.944. The van der Waals surface area contributed by atoms with Crippen LogP contribution in [-0.4, -0.2) is 67.7 Å². The van der Waals surface area contributed by atoms with Crippen LogP contribution >= 0.6 is 0 Å². The highest BCUT2D eigenvalue weighted by Gasteiger charge is 2.51. The number of rotatable bonds is 5. The van der Waals surface area contributed by atoms with E-state index >= 15 is 0 Å². The van der Waals surface area contributed by atoms with Gasteiger partial charge in [-0.15, -0.1) is 0 Å². The Hall–Kier alpha value is -0.850. The molecule has 0 aromatic carbocycles. The van der Waals surface area contributed by atoms with Gasteiger partial charge in [-0.3, -0.25) is 0 Å². The summed E-state index contributed by atoms with van der Waals surface area (Å²) >= 11 is 0. The Labute approximate surface area is 146 Å². The fourth-order valence-electron chi connectivity index (χ4n) is 3.56. The van der Waals surface area contributed by atoms with Crippen LogP contribution in [0.15, 0.2) is 0 Å². The summed E-state index contributed by atoms with van der Waals surface area (Å²) in [6.45, 7) is 14.1. The topological polar surface area (TPSA) is 60.0 Å². The molecule has 1 aliphatic heterocycles. The first kappa shape index (κ1) is 19.5. The van der Waals surface area contributed by atoms with Crippen molar-refractivity contribution in [2.75, 3.05) is 26.8 Å². The van der Waals surface area contributed by atoms with Gasteiger partial charge in [0, 0.05) is 31.7 Å². The summed E-state index contributed by atoms with van der Waals surface area (Å²) in [6.07, 6.45) is 1.01. The van der Waals surface area contributed by atoms with Gasteiger partial charge in [0.1, 0.15) is 5.60 Å². The van der Waals surface area contributed by atoms with Crippen LogP contribution in [0.1, 0.15) is 48.0 Å². The molecule has 3 unspecified atom stereocenters. The molecular weight excluding hydrogens is 308 g/mol. The zero-order valence-electron chi connectivity index (χ0n) is 16.2. The second-order valence-electron chi connectivity index (χ2n) is 8.49. The fourth-order valence-corrected chi connectivity index (χ4v) is 3.56. The molecule has 2 fully saturated rings. The maximum atomic E-state index is 12.3. The predicted molar refractivity (Wildman–Crippen MR) is 93.1 cm³/mol. The quantitative estimate of drug-likeness (QED) is 0.831. The van der Waals surface area contributed by atoms with Gasteiger partial charge >= 0.3 is 6.09 Å². The van der Waals surface area contributed by atoms with E-state index in [9.17, 15) is 4.79 Å². The lowest BCUT2D eigenvalue weighted by atomic mass is 9.64. The first-order valence-electron chi connectivity index (χ1n) is 8.96. The normalized spacial score (nSPS) is 32.5. The van der Waals surface area contributed by atoms with E-state index in [-0.39, 0.29) is 23.7 Å². The number of carbonyl (C=O) groups is 1. The lowest BCUT2D eigenvalue weighted by Gasteiger charge is -2.53. The van der Waals surface area contributed by atoms with Crippen molar-refractivity contribution in [3.63, 3.8) is 0 Å². The third-order valence-corrected chi connectivity index (χ3v) is 5.18. The smallest absolute Gasteiger partial charge is 0.410 e. The van der Waals surface area contributed by atoms with Gasteiger partial charge in [0.2, 0.25) is 0 Å². The molecule has 1 saturated heterocycles. The Morgan fingerprint density at radius 2 is 1.96 bits per heavy atom. The van der Waals surface area contributed by atoms with Gasteiger partial charge in [-0.1, -0.05) is 13.8 Å². The van der Waals surface area contributed by atoms with Crippen molar-refractivity contribution in [3.05, 3.63) is 0 Å². The molecule has 4 atom stereocenters. The van der Waals surface area contributed by atoms with Crippen LogP contribution in [0.5, 0.6) is 0 Å². The minimum Gasteiger partial charge on any atom is -0.444 e. The summed E-state index contributed by atoms with van der Waals surface area (Å²) in [6, 6.07) is 0.490. The Morgan fingerprint density at radius 1 is 1.29 bits per heavy atom. The van der Waals surface area contributed by atoms with Crippen LogP contribution in [0.3, 0.4) is 0 Å². The lowest BCUT2D eigenvalue weighted by Crippen LogP contribution is -2.64. The SMILES string of the molecule is CCOC1CC(NC2CN(C(=O)OC(C)(C)C)C[C@@H]2OC)C1(C)C. The van der Waals surface area contributed by atoms with Crippen LogP contribution in [0.4, 0.5) is 4.79 Å². The summed E-state index contributed by atoms with van der Waals surface area (Å²) in [4.78, 5) is 14.0. The molecular formula is C18H34N2O4. The van der Waals surface area contributed by atoms with Gasteiger partial charge in [0.05, 0.1) is 24.8 Å². The molecule has 140 valence electrons. The summed E-state index contributed by atoms with van der Waals surface area (Å²) in [7, 11) is 1.70. The van der Waals surface area contributed by atoms with E-state index in [1.807, 2.05) is 27.7 Å². The van der Waals surface area contributed by atoms with E-state index in [1.54, 1.807) is 12.0 Å². The number of carbonyl (C=O) groups excluding carboxylic acids is 1. The molecule has 1 N–H and O–H groups in total. The number of ether oxygens (including phenoxy) is 3. The Bertz CT molecular complexity index is 447. The molecule has 0 spiro atoms. The first-order chi connectivity index (χ1) is 11.1. The van der Waals surface area contributed by atoms with Gasteiger partial charge < -0.3 is 24.4 Å². The van der Waals surface area contributed by atoms with E-state index in [1.165, 1.54) is 0 Å². The number of hydrogen-bond donors (Lipinski definition) is 1. The average Bonchev–Trinajstić information content (AvgIpc) is 2.88. The van der Waals surface area contributed by atoms with E-state index in [4.69, 9.17) is 14.2 Å². The van der Waals surface area contributed by atoms with Gasteiger partial charge in [-0.25, -0.2) is 4.79 Å². The highest BCUT2D eigenvalue weighted by molar-refractivity contribution is 5.68. The predicted octanol–water partition coefficient (Wildman–Crippen LogP) is 2.41. The van der Waals surface area contributed by atoms with Crippen molar-refractivity contribution in [1.29, 1.82) is 0 Å². The maximum absolute atomic E-state index is 12.3. The van der Waals surface area contributed by atoms with Crippen molar-refractivity contribution in [2.45, 2.75) is 77.9 Å². The summed E-state index contributed by atoms with van der Waals surface area (Å²) in [5, 5.41) is 3.69. The number of nitrogens with one attached hydrogen (secondary N) is 1. The highest BCUT2D eigenvalue weighted by Crippen LogP contribution is 2.43. The van der Waals surface area contributed by atoms with E-state index in [0.717, 1.165) is 13.0 Å². The van der Waals surface area contributed by atoms with Crippen molar-refractivity contribution >= 4 is 6.09 Å². The molecule has 6 heteroatoms. The third-order valence-electron chi connectivity index (χ3n) is 5.18. The molecule has 2 aliphatic rings. The first-order valence-corrected chi connectivity index (χ1v) is 8.96. The molecule has 0 radical (unpaired) electrons. The van der Waals surface area contributed by atoms with E-state index in [0.29, 0.717) is 25.2 Å². The van der Waals surface area contributed by atoms with Crippen LogP contribution in [0.2, 0.25) is 0 Å². The molecule has 1 aliphatic carbocycles. The van der Waals surface area contributed by atoms with Crippen molar-refractivity contribution in [1.82, 2.24) is 10.2 Å². The zero-order valence-corrected chi connectivity index (χ0v) is 16.2. The Balaban J connectivity index is 1.93.